The Morgan fingerprint density at radius 2 is 2.19 bits per heavy atom. The summed E-state index contributed by atoms with van der Waals surface area (Å²) in [4.78, 5) is 0. The van der Waals surface area contributed by atoms with Gasteiger partial charge in [-0.3, -0.25) is 0 Å². The van der Waals surface area contributed by atoms with Crippen molar-refractivity contribution in [2.24, 2.45) is 0 Å². The highest BCUT2D eigenvalue weighted by molar-refractivity contribution is 6.32. The van der Waals surface area contributed by atoms with Crippen LogP contribution < -0.4 is 5.32 Å². The minimum absolute atomic E-state index is 0.167. The van der Waals surface area contributed by atoms with Gasteiger partial charge in [0, 0.05) is 18.5 Å². The van der Waals surface area contributed by atoms with E-state index in [-0.39, 0.29) is 5.75 Å². The van der Waals surface area contributed by atoms with E-state index in [1.807, 2.05) is 12.1 Å². The number of benzene rings is 1. The van der Waals surface area contributed by atoms with E-state index in [9.17, 15) is 5.11 Å². The summed E-state index contributed by atoms with van der Waals surface area (Å²) in [5, 5.41) is 13.3. The Balaban J connectivity index is 2.27. The molecule has 0 saturated carbocycles. The molecule has 0 amide bonds. The van der Waals surface area contributed by atoms with Gasteiger partial charge in [0.25, 0.3) is 0 Å². The second-order valence-electron chi connectivity index (χ2n) is 3.59. The van der Waals surface area contributed by atoms with Gasteiger partial charge >= 0.3 is 0 Å². The van der Waals surface area contributed by atoms with Crippen LogP contribution in [0.1, 0.15) is 24.8 Å². The molecule has 16 heavy (non-hydrogen) atoms. The SMILES string of the molecule is C#CCCCCNCc1cccc(Cl)c1O. The normalized spacial score (nSPS) is 10.0. The molecule has 0 fully saturated rings. The summed E-state index contributed by atoms with van der Waals surface area (Å²) in [5.41, 5.74) is 0.824. The van der Waals surface area contributed by atoms with Gasteiger partial charge in [-0.2, -0.15) is 0 Å². The molecule has 0 radical (unpaired) electrons. The molecule has 0 heterocycles. The monoisotopic (exact) mass is 237 g/mol. The zero-order valence-corrected chi connectivity index (χ0v) is 9.93. The molecule has 0 aliphatic heterocycles. The van der Waals surface area contributed by atoms with Crippen molar-refractivity contribution in [2.45, 2.75) is 25.8 Å². The van der Waals surface area contributed by atoms with E-state index in [1.165, 1.54) is 0 Å². The van der Waals surface area contributed by atoms with Crippen LogP contribution >= 0.6 is 11.6 Å². The predicted molar refractivity (Wildman–Crippen MR) is 67.5 cm³/mol. The molecule has 86 valence electrons. The number of hydrogen-bond donors (Lipinski definition) is 2. The van der Waals surface area contributed by atoms with Crippen molar-refractivity contribution in [3.63, 3.8) is 0 Å². The predicted octanol–water partition coefficient (Wildman–Crippen LogP) is 2.94. The molecule has 2 N–H and O–H groups in total. The number of halogens is 1. The molecule has 0 spiro atoms. The number of terminal acetylenes is 1. The van der Waals surface area contributed by atoms with Crippen LogP contribution in [0, 0.1) is 12.3 Å². The largest absolute Gasteiger partial charge is 0.506 e. The van der Waals surface area contributed by atoms with Crippen molar-refractivity contribution in [2.75, 3.05) is 6.54 Å². The second kappa shape index (κ2) is 7.16. The fraction of sp³-hybridized carbons (Fsp3) is 0.385. The van der Waals surface area contributed by atoms with Gasteiger partial charge in [0.2, 0.25) is 0 Å². The van der Waals surface area contributed by atoms with E-state index in [0.717, 1.165) is 31.4 Å². The van der Waals surface area contributed by atoms with Gasteiger partial charge in [-0.15, -0.1) is 12.3 Å². The van der Waals surface area contributed by atoms with Crippen molar-refractivity contribution in [3.05, 3.63) is 28.8 Å². The molecule has 1 rings (SSSR count). The van der Waals surface area contributed by atoms with E-state index in [1.54, 1.807) is 6.07 Å². The molecule has 2 nitrogen and oxygen atoms in total. The summed E-state index contributed by atoms with van der Waals surface area (Å²) in [6.07, 6.45) is 8.06. The standard InChI is InChI=1S/C13H16ClNO/c1-2-3-4-5-9-15-10-11-7-6-8-12(14)13(11)16/h1,6-8,15-16H,3-5,9-10H2. The third kappa shape index (κ3) is 4.14. The number of nitrogens with one attached hydrogen (secondary N) is 1. The third-order valence-electron chi connectivity index (χ3n) is 2.31. The highest BCUT2D eigenvalue weighted by Crippen LogP contribution is 2.26. The first kappa shape index (κ1) is 12.9. The molecule has 3 heteroatoms. The Morgan fingerprint density at radius 1 is 1.38 bits per heavy atom. The first-order valence-corrected chi connectivity index (χ1v) is 5.74. The van der Waals surface area contributed by atoms with Gasteiger partial charge in [0.05, 0.1) is 5.02 Å². The van der Waals surface area contributed by atoms with Crippen LogP contribution in [-0.4, -0.2) is 11.7 Å². The van der Waals surface area contributed by atoms with Gasteiger partial charge in [0.1, 0.15) is 5.75 Å². The lowest BCUT2D eigenvalue weighted by atomic mass is 10.2. The van der Waals surface area contributed by atoms with Gasteiger partial charge in [-0.25, -0.2) is 0 Å². The summed E-state index contributed by atoms with van der Waals surface area (Å²) in [7, 11) is 0. The molecule has 0 aliphatic carbocycles. The van der Waals surface area contributed by atoms with Crippen LogP contribution in [0.15, 0.2) is 18.2 Å². The molecular weight excluding hydrogens is 222 g/mol. The third-order valence-corrected chi connectivity index (χ3v) is 2.62. The maximum absolute atomic E-state index is 9.64. The average molecular weight is 238 g/mol. The number of aromatic hydroxyl groups is 1. The van der Waals surface area contributed by atoms with Gasteiger partial charge < -0.3 is 10.4 Å². The Labute approximate surface area is 102 Å². The molecule has 0 aromatic heterocycles. The van der Waals surface area contributed by atoms with Crippen LogP contribution in [0.2, 0.25) is 5.02 Å². The van der Waals surface area contributed by atoms with Crippen LogP contribution in [0.4, 0.5) is 0 Å². The number of hydrogen-bond acceptors (Lipinski definition) is 2. The summed E-state index contributed by atoms with van der Waals surface area (Å²) in [6, 6.07) is 5.36. The molecule has 0 unspecified atom stereocenters. The molecule has 0 aliphatic rings. The van der Waals surface area contributed by atoms with Crippen LogP contribution in [-0.2, 0) is 6.54 Å². The van der Waals surface area contributed by atoms with Crippen molar-refractivity contribution in [1.29, 1.82) is 0 Å². The topological polar surface area (TPSA) is 32.3 Å². The fourth-order valence-electron chi connectivity index (χ4n) is 1.40. The molecule has 0 bridgehead atoms. The molecule has 1 aromatic carbocycles. The van der Waals surface area contributed by atoms with Crippen molar-refractivity contribution in [1.82, 2.24) is 5.32 Å². The summed E-state index contributed by atoms with van der Waals surface area (Å²) < 4.78 is 0. The molecule has 1 aromatic rings. The number of phenolic OH excluding ortho intramolecular Hbond substituents is 1. The van der Waals surface area contributed by atoms with Crippen LogP contribution in [0.3, 0.4) is 0 Å². The molecular formula is C13H16ClNO. The fourth-order valence-corrected chi connectivity index (χ4v) is 1.60. The summed E-state index contributed by atoms with van der Waals surface area (Å²) >= 11 is 5.80. The minimum atomic E-state index is 0.167. The molecule has 0 atom stereocenters. The number of unbranched alkanes of at least 4 members (excludes halogenated alkanes) is 2. The highest BCUT2D eigenvalue weighted by Gasteiger charge is 2.03. The van der Waals surface area contributed by atoms with E-state index >= 15 is 0 Å². The van der Waals surface area contributed by atoms with Gasteiger partial charge in [-0.1, -0.05) is 23.7 Å². The highest BCUT2D eigenvalue weighted by atomic mass is 35.5. The van der Waals surface area contributed by atoms with Crippen LogP contribution in [0.25, 0.3) is 0 Å². The Hall–Kier alpha value is -1.17. The lowest BCUT2D eigenvalue weighted by Gasteiger charge is -2.07. The van der Waals surface area contributed by atoms with E-state index < -0.39 is 0 Å². The van der Waals surface area contributed by atoms with Crippen molar-refractivity contribution < 1.29 is 5.11 Å². The van der Waals surface area contributed by atoms with E-state index in [4.69, 9.17) is 18.0 Å². The van der Waals surface area contributed by atoms with Gasteiger partial charge in [0.15, 0.2) is 0 Å². The number of phenols is 1. The smallest absolute Gasteiger partial charge is 0.138 e. The number of rotatable bonds is 6. The van der Waals surface area contributed by atoms with Crippen LogP contribution in [0.5, 0.6) is 5.75 Å². The first-order valence-electron chi connectivity index (χ1n) is 5.36. The lowest BCUT2D eigenvalue weighted by Crippen LogP contribution is -2.14. The summed E-state index contributed by atoms with van der Waals surface area (Å²) in [6.45, 7) is 1.52. The Kier molecular flexibility index (Phi) is 5.77. The Bertz CT molecular complexity index is 371. The molecule has 0 saturated heterocycles. The van der Waals surface area contributed by atoms with Crippen molar-refractivity contribution in [3.8, 4) is 18.1 Å². The number of para-hydroxylation sites is 1. The van der Waals surface area contributed by atoms with Crippen molar-refractivity contribution >= 4 is 11.6 Å². The van der Waals surface area contributed by atoms with E-state index in [2.05, 4.69) is 11.2 Å². The minimum Gasteiger partial charge on any atom is -0.506 e. The lowest BCUT2D eigenvalue weighted by molar-refractivity contribution is 0.464. The maximum Gasteiger partial charge on any atom is 0.138 e. The zero-order chi connectivity index (χ0) is 11.8. The maximum atomic E-state index is 9.64. The summed E-state index contributed by atoms with van der Waals surface area (Å²) in [5.74, 6) is 2.77. The quantitative estimate of drug-likeness (QED) is 0.589. The first-order chi connectivity index (χ1) is 7.75. The average Bonchev–Trinajstić information content (AvgIpc) is 2.29. The van der Waals surface area contributed by atoms with Gasteiger partial charge in [-0.05, 0) is 25.5 Å². The second-order valence-corrected chi connectivity index (χ2v) is 3.99. The zero-order valence-electron chi connectivity index (χ0n) is 9.17. The Morgan fingerprint density at radius 3 is 2.94 bits per heavy atom. The van der Waals surface area contributed by atoms with E-state index in [0.29, 0.717) is 11.6 Å².